The highest BCUT2D eigenvalue weighted by Crippen LogP contribution is 2.02. The highest BCUT2D eigenvalue weighted by molar-refractivity contribution is 5.79. The van der Waals surface area contributed by atoms with Gasteiger partial charge in [0, 0.05) is 19.4 Å². The number of amides is 1. The van der Waals surface area contributed by atoms with Gasteiger partial charge in [-0.2, -0.15) is 0 Å². The Balaban J connectivity index is 3.27. The van der Waals surface area contributed by atoms with Crippen molar-refractivity contribution in [2.45, 2.75) is 58.3 Å². The Labute approximate surface area is 103 Å². The van der Waals surface area contributed by atoms with E-state index in [0.29, 0.717) is 19.4 Å². The van der Waals surface area contributed by atoms with Crippen LogP contribution in [0.3, 0.4) is 0 Å². The molecule has 0 spiro atoms. The third kappa shape index (κ3) is 11.0. The van der Waals surface area contributed by atoms with Gasteiger partial charge in [-0.1, -0.05) is 31.3 Å². The topological polar surface area (TPSA) is 87.7 Å². The molecule has 0 bridgehead atoms. The molecule has 0 saturated heterocycles. The molecule has 0 aliphatic rings. The fraction of sp³-hybridized carbons (Fsp3) is 0.833. The maximum atomic E-state index is 11.4. The highest BCUT2D eigenvalue weighted by atomic mass is 16.4. The summed E-state index contributed by atoms with van der Waals surface area (Å²) in [5.41, 5.74) is 5.32. The number of carbonyl (C=O) groups is 1. The average molecular weight is 243 g/mol. The smallest absolute Gasteiger partial charge is 0.219 e. The second-order valence-corrected chi connectivity index (χ2v) is 4.21. The van der Waals surface area contributed by atoms with Gasteiger partial charge in [0.2, 0.25) is 5.91 Å². The van der Waals surface area contributed by atoms with Gasteiger partial charge in [0.15, 0.2) is 0 Å². The maximum Gasteiger partial charge on any atom is 0.219 e. The molecule has 100 valence electrons. The van der Waals surface area contributed by atoms with Gasteiger partial charge in [-0.05, 0) is 19.3 Å². The van der Waals surface area contributed by atoms with Crippen LogP contribution in [0.5, 0.6) is 0 Å². The van der Waals surface area contributed by atoms with Gasteiger partial charge in [-0.25, -0.2) is 0 Å². The molecule has 0 atom stereocenters. The Kier molecular flexibility index (Phi) is 10.4. The van der Waals surface area contributed by atoms with Gasteiger partial charge in [-0.3, -0.25) is 4.79 Å². The van der Waals surface area contributed by atoms with E-state index in [0.717, 1.165) is 25.7 Å². The third-order valence-corrected chi connectivity index (χ3v) is 2.57. The summed E-state index contributed by atoms with van der Waals surface area (Å²) in [6, 6.07) is 0. The molecule has 5 heteroatoms. The molecule has 0 aromatic heterocycles. The van der Waals surface area contributed by atoms with Crippen LogP contribution in [0.25, 0.3) is 0 Å². The lowest BCUT2D eigenvalue weighted by molar-refractivity contribution is -0.121. The standard InChI is InChI=1S/C12H25N3O2/c1-2-3-4-5-9-12(16)14-10-7-6-8-11(13)15-17/h17H,2-10H2,1H3,(H2,13,15)(H,14,16). The fourth-order valence-electron chi connectivity index (χ4n) is 1.51. The van der Waals surface area contributed by atoms with E-state index in [1.54, 1.807) is 0 Å². The van der Waals surface area contributed by atoms with Crippen LogP contribution in [0.1, 0.15) is 58.3 Å². The molecule has 0 aromatic carbocycles. The number of nitrogens with one attached hydrogen (secondary N) is 1. The number of hydrogen-bond donors (Lipinski definition) is 3. The molecule has 0 unspecified atom stereocenters. The molecule has 0 aromatic rings. The molecule has 5 nitrogen and oxygen atoms in total. The zero-order valence-corrected chi connectivity index (χ0v) is 10.7. The monoisotopic (exact) mass is 243 g/mol. The van der Waals surface area contributed by atoms with Crippen molar-refractivity contribution in [2.75, 3.05) is 6.54 Å². The molecular formula is C12H25N3O2. The first kappa shape index (κ1) is 15.7. The molecule has 0 aliphatic carbocycles. The van der Waals surface area contributed by atoms with E-state index in [2.05, 4.69) is 17.4 Å². The summed E-state index contributed by atoms with van der Waals surface area (Å²) in [6.45, 7) is 2.83. The summed E-state index contributed by atoms with van der Waals surface area (Å²) in [4.78, 5) is 11.4. The van der Waals surface area contributed by atoms with Gasteiger partial charge in [-0.15, -0.1) is 0 Å². The zero-order valence-electron chi connectivity index (χ0n) is 10.7. The molecule has 4 N–H and O–H groups in total. The number of rotatable bonds is 10. The van der Waals surface area contributed by atoms with E-state index in [9.17, 15) is 4.79 Å². The van der Waals surface area contributed by atoms with Crippen molar-refractivity contribution in [1.82, 2.24) is 5.32 Å². The first-order valence-corrected chi connectivity index (χ1v) is 6.43. The SMILES string of the molecule is CCCCCCC(=O)NCCCCC(N)=NO. The van der Waals surface area contributed by atoms with Crippen molar-refractivity contribution in [3.8, 4) is 0 Å². The number of nitrogens with two attached hydrogens (primary N) is 1. The van der Waals surface area contributed by atoms with Crippen LogP contribution in [0.15, 0.2) is 5.16 Å². The largest absolute Gasteiger partial charge is 0.409 e. The van der Waals surface area contributed by atoms with E-state index in [1.165, 1.54) is 12.8 Å². The maximum absolute atomic E-state index is 11.4. The lowest BCUT2D eigenvalue weighted by atomic mass is 10.1. The van der Waals surface area contributed by atoms with Crippen LogP contribution in [-0.4, -0.2) is 23.5 Å². The lowest BCUT2D eigenvalue weighted by Crippen LogP contribution is -2.24. The van der Waals surface area contributed by atoms with E-state index in [4.69, 9.17) is 10.9 Å². The van der Waals surface area contributed by atoms with Crippen LogP contribution >= 0.6 is 0 Å². The van der Waals surface area contributed by atoms with E-state index in [1.807, 2.05) is 0 Å². The van der Waals surface area contributed by atoms with E-state index < -0.39 is 0 Å². The summed E-state index contributed by atoms with van der Waals surface area (Å²) in [5, 5.41) is 14.1. The molecule has 0 rings (SSSR count). The van der Waals surface area contributed by atoms with Crippen molar-refractivity contribution in [3.05, 3.63) is 0 Å². The van der Waals surface area contributed by atoms with E-state index >= 15 is 0 Å². The highest BCUT2D eigenvalue weighted by Gasteiger charge is 2.00. The van der Waals surface area contributed by atoms with E-state index in [-0.39, 0.29) is 11.7 Å². The normalized spacial score (nSPS) is 11.5. The number of nitrogens with zero attached hydrogens (tertiary/aromatic N) is 1. The Morgan fingerprint density at radius 1 is 1.18 bits per heavy atom. The second-order valence-electron chi connectivity index (χ2n) is 4.21. The summed E-state index contributed by atoms with van der Waals surface area (Å²) in [7, 11) is 0. The molecule has 0 radical (unpaired) electrons. The molecular weight excluding hydrogens is 218 g/mol. The number of unbranched alkanes of at least 4 members (excludes halogenated alkanes) is 4. The number of amidine groups is 1. The number of carbonyl (C=O) groups excluding carboxylic acids is 1. The lowest BCUT2D eigenvalue weighted by Gasteiger charge is -2.04. The first-order valence-electron chi connectivity index (χ1n) is 6.43. The van der Waals surface area contributed by atoms with Crippen molar-refractivity contribution >= 4 is 11.7 Å². The van der Waals surface area contributed by atoms with Crippen LogP contribution in [0, 0.1) is 0 Å². The predicted molar refractivity (Wildman–Crippen MR) is 69.0 cm³/mol. The van der Waals surface area contributed by atoms with Crippen molar-refractivity contribution < 1.29 is 10.0 Å². The van der Waals surface area contributed by atoms with Gasteiger partial charge in [0.05, 0.1) is 0 Å². The first-order chi connectivity index (χ1) is 8.20. The molecule has 0 fully saturated rings. The molecule has 0 aliphatic heterocycles. The molecule has 0 heterocycles. The Bertz CT molecular complexity index is 230. The molecule has 1 amide bonds. The van der Waals surface area contributed by atoms with Gasteiger partial charge in [0.1, 0.15) is 5.84 Å². The van der Waals surface area contributed by atoms with Crippen molar-refractivity contribution in [2.24, 2.45) is 10.9 Å². The zero-order chi connectivity index (χ0) is 12.9. The van der Waals surface area contributed by atoms with Crippen LogP contribution in [0.2, 0.25) is 0 Å². The predicted octanol–water partition coefficient (Wildman–Crippen LogP) is 1.99. The third-order valence-electron chi connectivity index (χ3n) is 2.57. The number of hydrogen-bond acceptors (Lipinski definition) is 3. The quantitative estimate of drug-likeness (QED) is 0.180. The van der Waals surface area contributed by atoms with Gasteiger partial charge >= 0.3 is 0 Å². The van der Waals surface area contributed by atoms with Crippen molar-refractivity contribution in [3.63, 3.8) is 0 Å². The summed E-state index contributed by atoms with van der Waals surface area (Å²) < 4.78 is 0. The van der Waals surface area contributed by atoms with Gasteiger partial charge in [0.25, 0.3) is 0 Å². The Hall–Kier alpha value is -1.26. The van der Waals surface area contributed by atoms with Gasteiger partial charge < -0.3 is 16.3 Å². The van der Waals surface area contributed by atoms with Crippen LogP contribution < -0.4 is 11.1 Å². The van der Waals surface area contributed by atoms with Crippen LogP contribution in [-0.2, 0) is 4.79 Å². The molecule has 17 heavy (non-hydrogen) atoms. The summed E-state index contributed by atoms with van der Waals surface area (Å²) in [6.07, 6.45) is 7.38. The second kappa shape index (κ2) is 11.2. The Morgan fingerprint density at radius 3 is 2.53 bits per heavy atom. The number of oxime groups is 1. The Morgan fingerprint density at radius 2 is 1.88 bits per heavy atom. The average Bonchev–Trinajstić information content (AvgIpc) is 2.34. The summed E-state index contributed by atoms with van der Waals surface area (Å²) >= 11 is 0. The minimum absolute atomic E-state index is 0.130. The minimum Gasteiger partial charge on any atom is -0.409 e. The fourth-order valence-corrected chi connectivity index (χ4v) is 1.51. The summed E-state index contributed by atoms with van der Waals surface area (Å²) in [5.74, 6) is 0.376. The minimum atomic E-state index is 0.130. The van der Waals surface area contributed by atoms with Crippen LogP contribution in [0.4, 0.5) is 0 Å². The molecule has 0 saturated carbocycles. The van der Waals surface area contributed by atoms with Crippen molar-refractivity contribution in [1.29, 1.82) is 0 Å².